The van der Waals surface area contributed by atoms with Gasteiger partial charge in [-0.25, -0.2) is 14.5 Å². The fourth-order valence-electron chi connectivity index (χ4n) is 1.09. The second-order valence-electron chi connectivity index (χ2n) is 4.66. The first-order chi connectivity index (χ1) is 7.29. The number of imide groups is 1. The molecule has 1 unspecified atom stereocenters. The number of nitrogens with zero attached hydrogens (tertiary/aromatic N) is 1. The zero-order valence-electron chi connectivity index (χ0n) is 9.73. The summed E-state index contributed by atoms with van der Waals surface area (Å²) in [6.07, 6.45) is -1.52. The van der Waals surface area contributed by atoms with E-state index in [0.29, 0.717) is 17.9 Å². The van der Waals surface area contributed by atoms with Gasteiger partial charge in [0.2, 0.25) is 0 Å². The Bertz CT molecular complexity index is 279. The summed E-state index contributed by atoms with van der Waals surface area (Å²) in [4.78, 5) is 23.0. The molecule has 1 saturated heterocycles. The first-order valence-corrected chi connectivity index (χ1v) is 5.14. The molecule has 92 valence electrons. The molecule has 0 radical (unpaired) electrons. The molecule has 1 aliphatic rings. The molecule has 1 rings (SSSR count). The second-order valence-corrected chi connectivity index (χ2v) is 4.66. The van der Waals surface area contributed by atoms with Gasteiger partial charge < -0.3 is 14.6 Å². The van der Waals surface area contributed by atoms with E-state index < -0.39 is 17.8 Å². The first kappa shape index (κ1) is 12.8. The van der Waals surface area contributed by atoms with Gasteiger partial charge in [0, 0.05) is 6.54 Å². The zero-order chi connectivity index (χ0) is 12.3. The molecule has 2 amide bonds. The van der Waals surface area contributed by atoms with Gasteiger partial charge in [-0.15, -0.1) is 0 Å². The molecule has 1 aliphatic heterocycles. The van der Waals surface area contributed by atoms with Gasteiger partial charge in [-0.3, -0.25) is 0 Å². The van der Waals surface area contributed by atoms with Gasteiger partial charge in [-0.1, -0.05) is 0 Å². The van der Waals surface area contributed by atoms with E-state index in [-0.39, 0.29) is 12.6 Å². The van der Waals surface area contributed by atoms with Crippen LogP contribution in [0.15, 0.2) is 0 Å². The number of carbonyl (C=O) groups excluding carboxylic acids is 1. The number of epoxide rings is 1. The topological polar surface area (TPSA) is 79.4 Å². The summed E-state index contributed by atoms with van der Waals surface area (Å²) in [5, 5.41) is 8.86. The van der Waals surface area contributed by atoms with Gasteiger partial charge >= 0.3 is 12.2 Å². The van der Waals surface area contributed by atoms with Crippen LogP contribution in [0.25, 0.3) is 0 Å². The largest absolute Gasteiger partial charge is 0.465 e. The van der Waals surface area contributed by atoms with Gasteiger partial charge in [0.25, 0.3) is 0 Å². The molecule has 0 aromatic heterocycles. The Kier molecular flexibility index (Phi) is 3.74. The highest BCUT2D eigenvalue weighted by Crippen LogP contribution is 2.15. The molecule has 0 spiro atoms. The third-order valence-corrected chi connectivity index (χ3v) is 1.92. The summed E-state index contributed by atoms with van der Waals surface area (Å²) >= 11 is 0. The molecular weight excluding hydrogens is 214 g/mol. The number of amides is 2. The monoisotopic (exact) mass is 231 g/mol. The van der Waals surface area contributed by atoms with Gasteiger partial charge in [0.05, 0.1) is 12.7 Å². The molecule has 16 heavy (non-hydrogen) atoms. The minimum absolute atomic E-state index is 0.0873. The normalized spacial score (nSPS) is 19.1. The van der Waals surface area contributed by atoms with Crippen molar-refractivity contribution in [2.24, 2.45) is 0 Å². The van der Waals surface area contributed by atoms with Gasteiger partial charge in [-0.05, 0) is 27.2 Å². The summed E-state index contributed by atoms with van der Waals surface area (Å²) < 4.78 is 9.93. The van der Waals surface area contributed by atoms with E-state index in [9.17, 15) is 9.59 Å². The number of hydrogen-bond acceptors (Lipinski definition) is 4. The molecule has 0 aromatic rings. The Morgan fingerprint density at radius 1 is 1.50 bits per heavy atom. The standard InChI is InChI=1S/C10H17NO5/c1-10(2,3)16-9(14)11(8(12)13)5-4-7-6-15-7/h7H,4-6H2,1-3H3,(H,12,13). The number of carbonyl (C=O) groups is 2. The third-order valence-electron chi connectivity index (χ3n) is 1.92. The van der Waals surface area contributed by atoms with Crippen LogP contribution in [0.4, 0.5) is 9.59 Å². The van der Waals surface area contributed by atoms with Crippen LogP contribution in [0.2, 0.25) is 0 Å². The molecule has 6 heteroatoms. The minimum Gasteiger partial charge on any atom is -0.465 e. The third kappa shape index (κ3) is 4.48. The highest BCUT2D eigenvalue weighted by Gasteiger charge is 2.30. The van der Waals surface area contributed by atoms with Crippen LogP contribution in [0.3, 0.4) is 0 Å². The smallest absolute Gasteiger partial charge is 0.419 e. The Balaban J connectivity index is 2.47. The van der Waals surface area contributed by atoms with E-state index in [0.717, 1.165) is 0 Å². The average molecular weight is 231 g/mol. The van der Waals surface area contributed by atoms with Crippen molar-refractivity contribution in [3.63, 3.8) is 0 Å². The summed E-state index contributed by atoms with van der Waals surface area (Å²) in [6.45, 7) is 5.81. The van der Waals surface area contributed by atoms with E-state index in [2.05, 4.69) is 0 Å². The molecule has 6 nitrogen and oxygen atoms in total. The minimum atomic E-state index is -1.30. The Labute approximate surface area is 94.1 Å². The molecule has 0 bridgehead atoms. The predicted molar refractivity (Wildman–Crippen MR) is 55.3 cm³/mol. The maximum Gasteiger partial charge on any atom is 0.419 e. The van der Waals surface area contributed by atoms with Crippen molar-refractivity contribution in [1.82, 2.24) is 4.90 Å². The molecule has 0 aliphatic carbocycles. The summed E-state index contributed by atoms with van der Waals surface area (Å²) in [6, 6.07) is 0. The maximum absolute atomic E-state index is 11.5. The second kappa shape index (κ2) is 4.69. The lowest BCUT2D eigenvalue weighted by Crippen LogP contribution is -2.41. The van der Waals surface area contributed by atoms with Gasteiger partial charge in [0.15, 0.2) is 0 Å². The van der Waals surface area contributed by atoms with Crippen molar-refractivity contribution < 1.29 is 24.2 Å². The van der Waals surface area contributed by atoms with Crippen molar-refractivity contribution in [2.75, 3.05) is 13.2 Å². The van der Waals surface area contributed by atoms with Crippen LogP contribution in [-0.4, -0.2) is 47.0 Å². The van der Waals surface area contributed by atoms with E-state index in [1.165, 1.54) is 0 Å². The van der Waals surface area contributed by atoms with Crippen LogP contribution in [0.1, 0.15) is 27.2 Å². The van der Waals surface area contributed by atoms with Crippen LogP contribution in [-0.2, 0) is 9.47 Å². The summed E-state index contributed by atoms with van der Waals surface area (Å²) in [5.41, 5.74) is -0.694. The van der Waals surface area contributed by atoms with Gasteiger partial charge in [-0.2, -0.15) is 0 Å². The highest BCUT2D eigenvalue weighted by atomic mass is 16.6. The van der Waals surface area contributed by atoms with Crippen molar-refractivity contribution in [2.45, 2.75) is 38.9 Å². The lowest BCUT2D eigenvalue weighted by molar-refractivity contribution is 0.0265. The van der Waals surface area contributed by atoms with Crippen molar-refractivity contribution in [1.29, 1.82) is 0 Å². The van der Waals surface area contributed by atoms with Crippen molar-refractivity contribution in [3.05, 3.63) is 0 Å². The summed E-state index contributed by atoms with van der Waals surface area (Å²) in [7, 11) is 0. The van der Waals surface area contributed by atoms with Crippen LogP contribution in [0, 0.1) is 0 Å². The average Bonchev–Trinajstić information content (AvgIpc) is 2.83. The Morgan fingerprint density at radius 3 is 2.44 bits per heavy atom. The maximum atomic E-state index is 11.5. The predicted octanol–water partition coefficient (Wildman–Crippen LogP) is 1.69. The molecule has 1 heterocycles. The number of rotatable bonds is 3. The van der Waals surface area contributed by atoms with E-state index in [1.54, 1.807) is 20.8 Å². The highest BCUT2D eigenvalue weighted by molar-refractivity contribution is 5.86. The zero-order valence-corrected chi connectivity index (χ0v) is 9.73. The van der Waals surface area contributed by atoms with E-state index in [4.69, 9.17) is 14.6 Å². The van der Waals surface area contributed by atoms with Crippen molar-refractivity contribution in [3.8, 4) is 0 Å². The fraction of sp³-hybridized carbons (Fsp3) is 0.800. The summed E-state index contributed by atoms with van der Waals surface area (Å²) in [5.74, 6) is 0. The van der Waals surface area contributed by atoms with E-state index in [1.807, 2.05) is 0 Å². The molecule has 0 aromatic carbocycles. The number of carboxylic acid groups (broad SMARTS) is 1. The fourth-order valence-corrected chi connectivity index (χ4v) is 1.09. The van der Waals surface area contributed by atoms with Gasteiger partial charge in [0.1, 0.15) is 5.60 Å². The van der Waals surface area contributed by atoms with Crippen LogP contribution in [0.5, 0.6) is 0 Å². The number of hydrogen-bond donors (Lipinski definition) is 1. The molecule has 0 saturated carbocycles. The Hall–Kier alpha value is -1.30. The van der Waals surface area contributed by atoms with E-state index >= 15 is 0 Å². The first-order valence-electron chi connectivity index (χ1n) is 5.14. The quantitative estimate of drug-likeness (QED) is 0.747. The molecule has 1 atom stereocenters. The molecule has 1 N–H and O–H groups in total. The van der Waals surface area contributed by atoms with Crippen LogP contribution >= 0.6 is 0 Å². The lowest BCUT2D eigenvalue weighted by atomic mass is 10.2. The Morgan fingerprint density at radius 2 is 2.06 bits per heavy atom. The molecule has 1 fully saturated rings. The SMILES string of the molecule is CC(C)(C)OC(=O)N(CCC1CO1)C(=O)O. The number of ether oxygens (including phenoxy) is 2. The van der Waals surface area contributed by atoms with Crippen molar-refractivity contribution >= 4 is 12.2 Å². The lowest BCUT2D eigenvalue weighted by Gasteiger charge is -2.24. The molecular formula is C10H17NO5. The van der Waals surface area contributed by atoms with Crippen LogP contribution < -0.4 is 0 Å².